The van der Waals surface area contributed by atoms with Gasteiger partial charge in [0.25, 0.3) is 0 Å². The van der Waals surface area contributed by atoms with Crippen molar-refractivity contribution in [2.24, 2.45) is 0 Å². The van der Waals surface area contributed by atoms with Gasteiger partial charge in [-0.25, -0.2) is 4.79 Å². The Morgan fingerprint density at radius 3 is 2.53 bits per heavy atom. The van der Waals surface area contributed by atoms with Gasteiger partial charge in [0, 0.05) is 12.5 Å². The fourth-order valence-corrected chi connectivity index (χ4v) is 2.72. The van der Waals surface area contributed by atoms with Crippen LogP contribution in [-0.4, -0.2) is 38.7 Å². The molecular formula is C24H29NO5. The standard InChI is InChI=1S/C24H29NO5/c1-4-29-21-12-9-20(17-22(21)28-3)11-14-24(27)30-16-15-25-23(26)13-10-19-7-5-18(2)6-8-19/h5-9,11-12,14,17H,4,10,13,15-16H2,1-3H3,(H,25,26)/b14-11+. The maximum atomic E-state index is 11.9. The molecule has 6 nitrogen and oxygen atoms in total. The van der Waals surface area contributed by atoms with Crippen LogP contribution >= 0.6 is 0 Å². The van der Waals surface area contributed by atoms with Crippen LogP contribution in [0.1, 0.15) is 30.0 Å². The lowest BCUT2D eigenvalue weighted by Gasteiger charge is -2.09. The summed E-state index contributed by atoms with van der Waals surface area (Å²) in [5, 5.41) is 2.76. The molecule has 0 bridgehead atoms. The van der Waals surface area contributed by atoms with E-state index in [0.29, 0.717) is 30.9 Å². The molecule has 1 N–H and O–H groups in total. The van der Waals surface area contributed by atoms with Crippen molar-refractivity contribution in [3.8, 4) is 11.5 Å². The number of nitrogens with one attached hydrogen (secondary N) is 1. The van der Waals surface area contributed by atoms with E-state index in [1.54, 1.807) is 25.3 Å². The fourth-order valence-electron chi connectivity index (χ4n) is 2.72. The number of carbonyl (C=O) groups excluding carboxylic acids is 2. The van der Waals surface area contributed by atoms with Crippen molar-refractivity contribution >= 4 is 18.0 Å². The molecule has 0 aliphatic carbocycles. The van der Waals surface area contributed by atoms with Gasteiger partial charge in [0.1, 0.15) is 6.61 Å². The molecule has 160 valence electrons. The minimum atomic E-state index is -0.475. The summed E-state index contributed by atoms with van der Waals surface area (Å²) >= 11 is 0. The summed E-state index contributed by atoms with van der Waals surface area (Å²) in [6.45, 7) is 4.87. The fraction of sp³-hybridized carbons (Fsp3) is 0.333. The van der Waals surface area contributed by atoms with Crippen molar-refractivity contribution in [2.45, 2.75) is 26.7 Å². The molecule has 0 aromatic heterocycles. The Morgan fingerprint density at radius 1 is 1.07 bits per heavy atom. The van der Waals surface area contributed by atoms with Crippen LogP contribution < -0.4 is 14.8 Å². The normalized spacial score (nSPS) is 10.6. The smallest absolute Gasteiger partial charge is 0.330 e. The lowest BCUT2D eigenvalue weighted by atomic mass is 10.1. The zero-order valence-corrected chi connectivity index (χ0v) is 17.8. The third-order valence-electron chi connectivity index (χ3n) is 4.33. The molecule has 0 saturated carbocycles. The molecule has 0 radical (unpaired) electrons. The van der Waals surface area contributed by atoms with Crippen LogP contribution in [0.3, 0.4) is 0 Å². The molecule has 0 fully saturated rings. The van der Waals surface area contributed by atoms with Crippen molar-refractivity contribution in [2.75, 3.05) is 26.9 Å². The first-order valence-corrected chi connectivity index (χ1v) is 9.99. The highest BCUT2D eigenvalue weighted by molar-refractivity contribution is 5.87. The molecule has 0 aliphatic rings. The Labute approximate surface area is 177 Å². The van der Waals surface area contributed by atoms with Gasteiger partial charge in [0.15, 0.2) is 11.5 Å². The van der Waals surface area contributed by atoms with Gasteiger partial charge in [-0.1, -0.05) is 35.9 Å². The van der Waals surface area contributed by atoms with Crippen molar-refractivity contribution in [1.29, 1.82) is 0 Å². The molecule has 30 heavy (non-hydrogen) atoms. The Kier molecular flexibility index (Phi) is 9.45. The van der Waals surface area contributed by atoms with Gasteiger partial charge in [-0.05, 0) is 49.6 Å². The Bertz CT molecular complexity index is 858. The molecule has 6 heteroatoms. The predicted molar refractivity (Wildman–Crippen MR) is 117 cm³/mol. The van der Waals surface area contributed by atoms with E-state index in [0.717, 1.165) is 11.1 Å². The number of amides is 1. The second-order valence-electron chi connectivity index (χ2n) is 6.68. The predicted octanol–water partition coefficient (Wildman–Crippen LogP) is 3.71. The zero-order valence-electron chi connectivity index (χ0n) is 17.8. The third-order valence-corrected chi connectivity index (χ3v) is 4.33. The van der Waals surface area contributed by atoms with Crippen LogP contribution in [0.15, 0.2) is 48.5 Å². The first-order valence-electron chi connectivity index (χ1n) is 9.99. The summed E-state index contributed by atoms with van der Waals surface area (Å²) < 4.78 is 15.9. The lowest BCUT2D eigenvalue weighted by molar-refractivity contribution is -0.138. The van der Waals surface area contributed by atoms with E-state index in [-0.39, 0.29) is 19.1 Å². The van der Waals surface area contributed by atoms with E-state index in [9.17, 15) is 9.59 Å². The number of ether oxygens (including phenoxy) is 3. The van der Waals surface area contributed by atoms with Crippen molar-refractivity contribution < 1.29 is 23.8 Å². The maximum absolute atomic E-state index is 11.9. The molecule has 0 heterocycles. The molecule has 0 saturated heterocycles. The summed E-state index contributed by atoms with van der Waals surface area (Å²) in [4.78, 5) is 23.7. The first-order chi connectivity index (χ1) is 14.5. The molecule has 0 atom stereocenters. The van der Waals surface area contributed by atoms with Crippen molar-refractivity contribution in [1.82, 2.24) is 5.32 Å². The number of hydrogen-bond acceptors (Lipinski definition) is 5. The number of benzene rings is 2. The van der Waals surface area contributed by atoms with E-state index in [2.05, 4.69) is 5.32 Å². The number of hydrogen-bond donors (Lipinski definition) is 1. The lowest BCUT2D eigenvalue weighted by Crippen LogP contribution is -2.28. The van der Waals surface area contributed by atoms with E-state index < -0.39 is 5.97 Å². The van der Waals surface area contributed by atoms with E-state index in [1.807, 2.05) is 44.2 Å². The highest BCUT2D eigenvalue weighted by Crippen LogP contribution is 2.28. The average Bonchev–Trinajstić information content (AvgIpc) is 2.75. The van der Waals surface area contributed by atoms with E-state index >= 15 is 0 Å². The Hall–Kier alpha value is -3.28. The van der Waals surface area contributed by atoms with Crippen LogP contribution in [0, 0.1) is 6.92 Å². The van der Waals surface area contributed by atoms with E-state index in [1.165, 1.54) is 11.6 Å². The minimum absolute atomic E-state index is 0.0661. The monoisotopic (exact) mass is 411 g/mol. The number of aryl methyl sites for hydroxylation is 2. The molecule has 0 spiro atoms. The number of rotatable bonds is 11. The molecule has 1 amide bonds. The van der Waals surface area contributed by atoms with Gasteiger partial charge in [-0.15, -0.1) is 0 Å². The molecule has 0 unspecified atom stereocenters. The topological polar surface area (TPSA) is 73.9 Å². The largest absolute Gasteiger partial charge is 0.493 e. The van der Waals surface area contributed by atoms with Gasteiger partial charge in [0.2, 0.25) is 5.91 Å². The summed E-state index contributed by atoms with van der Waals surface area (Å²) in [7, 11) is 1.56. The van der Waals surface area contributed by atoms with Crippen LogP contribution in [0.2, 0.25) is 0 Å². The van der Waals surface area contributed by atoms with Gasteiger partial charge in [0.05, 0.1) is 20.3 Å². The van der Waals surface area contributed by atoms with Crippen molar-refractivity contribution in [3.05, 3.63) is 65.2 Å². The van der Waals surface area contributed by atoms with Gasteiger partial charge in [-0.3, -0.25) is 4.79 Å². The summed E-state index contributed by atoms with van der Waals surface area (Å²) in [6.07, 6.45) is 4.06. The van der Waals surface area contributed by atoms with Crippen LogP contribution in [-0.2, 0) is 20.7 Å². The van der Waals surface area contributed by atoms with E-state index in [4.69, 9.17) is 14.2 Å². The minimum Gasteiger partial charge on any atom is -0.493 e. The van der Waals surface area contributed by atoms with Crippen molar-refractivity contribution in [3.63, 3.8) is 0 Å². The molecule has 2 rings (SSSR count). The second-order valence-corrected chi connectivity index (χ2v) is 6.68. The highest BCUT2D eigenvalue weighted by Gasteiger charge is 2.05. The quantitative estimate of drug-likeness (QED) is 0.347. The number of methoxy groups -OCH3 is 1. The molecule has 2 aromatic rings. The average molecular weight is 411 g/mol. The Balaban J connectivity index is 1.68. The van der Waals surface area contributed by atoms with Crippen LogP contribution in [0.5, 0.6) is 11.5 Å². The van der Waals surface area contributed by atoms with Crippen LogP contribution in [0.25, 0.3) is 6.08 Å². The number of esters is 1. The first kappa shape index (κ1) is 23.0. The highest BCUT2D eigenvalue weighted by atomic mass is 16.5. The maximum Gasteiger partial charge on any atom is 0.330 e. The molecule has 0 aliphatic heterocycles. The molecular weight excluding hydrogens is 382 g/mol. The Morgan fingerprint density at radius 2 is 1.83 bits per heavy atom. The SMILES string of the molecule is CCOc1ccc(/C=C/C(=O)OCCNC(=O)CCc2ccc(C)cc2)cc1OC. The van der Waals surface area contributed by atoms with Gasteiger partial charge in [-0.2, -0.15) is 0 Å². The van der Waals surface area contributed by atoms with Crippen LogP contribution in [0.4, 0.5) is 0 Å². The summed E-state index contributed by atoms with van der Waals surface area (Å²) in [5.74, 6) is 0.707. The van der Waals surface area contributed by atoms with Gasteiger partial charge >= 0.3 is 5.97 Å². The number of carbonyl (C=O) groups is 2. The second kappa shape index (κ2) is 12.3. The summed E-state index contributed by atoms with van der Waals surface area (Å²) in [5.41, 5.74) is 3.11. The van der Waals surface area contributed by atoms with Gasteiger partial charge < -0.3 is 19.5 Å². The zero-order chi connectivity index (χ0) is 21.8. The molecule has 2 aromatic carbocycles. The third kappa shape index (κ3) is 7.99. The summed E-state index contributed by atoms with van der Waals surface area (Å²) in [6, 6.07) is 13.5.